The first-order valence-electron chi connectivity index (χ1n) is 11.9. The smallest absolute Gasteiger partial charge is 0.241 e. The number of likely N-dealkylation sites (tertiary alicyclic amines) is 1. The Morgan fingerprint density at radius 2 is 1.76 bits per heavy atom. The van der Waals surface area contributed by atoms with Crippen LogP contribution in [0, 0.1) is 11.3 Å². The van der Waals surface area contributed by atoms with Crippen molar-refractivity contribution < 1.29 is 18.3 Å². The second-order valence-corrected chi connectivity index (χ2v) is 11.4. The molecule has 0 saturated carbocycles. The molecule has 37 heavy (non-hydrogen) atoms. The first kappa shape index (κ1) is 27.4. The lowest BCUT2D eigenvalue weighted by Crippen LogP contribution is -2.45. The first-order valence-corrected chi connectivity index (χ1v) is 14.1. The fourth-order valence-corrected chi connectivity index (χ4v) is 5.85. The number of nitrogens with zero attached hydrogens (tertiary/aromatic N) is 2. The number of hydrogen-bond donors (Lipinski definition) is 2. The number of halogens is 2. The van der Waals surface area contributed by atoms with Crippen molar-refractivity contribution in [3.05, 3.63) is 82.3 Å². The Kier molecular flexibility index (Phi) is 9.08. The number of aliphatic hydroxyl groups is 1. The minimum absolute atomic E-state index is 0.0304. The second kappa shape index (κ2) is 12.3. The van der Waals surface area contributed by atoms with E-state index in [0.29, 0.717) is 39.0 Å². The third-order valence-corrected chi connectivity index (χ3v) is 8.43. The molecule has 1 aliphatic rings. The lowest BCUT2D eigenvalue weighted by atomic mass is 10.0. The summed E-state index contributed by atoms with van der Waals surface area (Å²) in [4.78, 5) is 2.21. The minimum Gasteiger partial charge on any atom is -0.490 e. The summed E-state index contributed by atoms with van der Waals surface area (Å²) >= 11 is 12.0. The van der Waals surface area contributed by atoms with Gasteiger partial charge in [-0.25, -0.2) is 13.1 Å². The van der Waals surface area contributed by atoms with E-state index in [1.807, 2.05) is 0 Å². The Bertz CT molecular complexity index is 1370. The van der Waals surface area contributed by atoms with E-state index in [2.05, 4.69) is 15.7 Å². The molecule has 1 saturated heterocycles. The van der Waals surface area contributed by atoms with Crippen LogP contribution in [0.1, 0.15) is 18.4 Å². The van der Waals surface area contributed by atoms with Crippen LogP contribution in [0.2, 0.25) is 10.0 Å². The maximum absolute atomic E-state index is 13.1. The summed E-state index contributed by atoms with van der Waals surface area (Å²) in [6, 6.07) is 20.6. The van der Waals surface area contributed by atoms with Crippen LogP contribution in [0.25, 0.3) is 11.1 Å². The summed E-state index contributed by atoms with van der Waals surface area (Å²) in [5.74, 6) is 0.670. The van der Waals surface area contributed by atoms with Gasteiger partial charge in [0.1, 0.15) is 11.9 Å². The van der Waals surface area contributed by atoms with Gasteiger partial charge in [-0.2, -0.15) is 5.26 Å². The third kappa shape index (κ3) is 7.23. The summed E-state index contributed by atoms with van der Waals surface area (Å²) in [5, 5.41) is 20.5. The molecule has 194 valence electrons. The number of rotatable bonds is 9. The maximum atomic E-state index is 13.1. The molecule has 0 bridgehead atoms. The highest BCUT2D eigenvalue weighted by molar-refractivity contribution is 7.89. The number of nitriles is 1. The predicted molar refractivity (Wildman–Crippen MR) is 144 cm³/mol. The van der Waals surface area contributed by atoms with Crippen molar-refractivity contribution in [1.29, 1.82) is 5.26 Å². The third-order valence-electron chi connectivity index (χ3n) is 6.21. The number of benzene rings is 3. The minimum atomic E-state index is -3.87. The maximum Gasteiger partial charge on any atom is 0.241 e. The highest BCUT2D eigenvalue weighted by Crippen LogP contribution is 2.29. The molecule has 1 fully saturated rings. The van der Waals surface area contributed by atoms with Gasteiger partial charge in [0, 0.05) is 37.8 Å². The standard InChI is InChI=1S/C27H27Cl2N3O4S/c28-25-10-9-23(15-26(25)29)36-22-11-13-32(14-12-22)18-21(33)17-31-37(34,35)27-4-2-1-3-24(27)20-7-5-19(16-30)6-8-20/h1-10,15,21-22,31,33H,11-14,17-18H2/t21-/m0/s1. The first-order chi connectivity index (χ1) is 17.7. The zero-order valence-corrected chi connectivity index (χ0v) is 22.3. The van der Waals surface area contributed by atoms with Gasteiger partial charge in [-0.3, -0.25) is 0 Å². The molecule has 1 aliphatic heterocycles. The molecule has 0 amide bonds. The van der Waals surface area contributed by atoms with Gasteiger partial charge in [0.15, 0.2) is 0 Å². The molecule has 2 N–H and O–H groups in total. The van der Waals surface area contributed by atoms with Crippen molar-refractivity contribution >= 4 is 33.2 Å². The molecule has 0 radical (unpaired) electrons. The molecule has 4 rings (SSSR count). The number of sulfonamides is 1. The van der Waals surface area contributed by atoms with E-state index in [-0.39, 0.29) is 17.5 Å². The Morgan fingerprint density at radius 3 is 2.43 bits per heavy atom. The average molecular weight is 561 g/mol. The van der Waals surface area contributed by atoms with E-state index >= 15 is 0 Å². The molecule has 0 aliphatic carbocycles. The van der Waals surface area contributed by atoms with Crippen molar-refractivity contribution in [1.82, 2.24) is 9.62 Å². The number of β-amino-alcohol motifs (C(OH)–C–C–N with tert-alkyl or cyclic N) is 1. The van der Waals surface area contributed by atoms with Crippen LogP contribution in [0.15, 0.2) is 71.6 Å². The largest absolute Gasteiger partial charge is 0.490 e. The van der Waals surface area contributed by atoms with Crippen LogP contribution < -0.4 is 9.46 Å². The van der Waals surface area contributed by atoms with E-state index in [0.717, 1.165) is 25.9 Å². The summed E-state index contributed by atoms with van der Waals surface area (Å²) in [6.07, 6.45) is 0.708. The Balaban J connectivity index is 1.29. The molecule has 0 aromatic heterocycles. The topological polar surface area (TPSA) is 103 Å². The second-order valence-electron chi connectivity index (χ2n) is 8.88. The SMILES string of the molecule is N#Cc1ccc(-c2ccccc2S(=O)(=O)NC[C@H](O)CN2CCC(Oc3ccc(Cl)c(Cl)c3)CC2)cc1. The van der Waals surface area contributed by atoms with E-state index < -0.39 is 16.1 Å². The van der Waals surface area contributed by atoms with E-state index in [1.165, 1.54) is 6.07 Å². The monoisotopic (exact) mass is 559 g/mol. The van der Waals surface area contributed by atoms with Crippen molar-refractivity contribution in [2.45, 2.75) is 29.9 Å². The van der Waals surface area contributed by atoms with Crippen molar-refractivity contribution in [3.8, 4) is 22.9 Å². The lowest BCUT2D eigenvalue weighted by Gasteiger charge is -2.33. The van der Waals surface area contributed by atoms with Crippen LogP contribution in [-0.4, -0.2) is 56.8 Å². The molecule has 3 aromatic rings. The number of nitrogens with one attached hydrogen (secondary N) is 1. The fourth-order valence-electron chi connectivity index (χ4n) is 4.26. The van der Waals surface area contributed by atoms with Gasteiger partial charge in [-0.15, -0.1) is 0 Å². The van der Waals surface area contributed by atoms with E-state index in [1.54, 1.807) is 60.7 Å². The molecule has 7 nitrogen and oxygen atoms in total. The fraction of sp³-hybridized carbons (Fsp3) is 0.296. The van der Waals surface area contributed by atoms with Gasteiger partial charge in [-0.05, 0) is 48.7 Å². The summed E-state index contributed by atoms with van der Waals surface area (Å²) in [7, 11) is -3.87. The number of ether oxygens (including phenoxy) is 1. The normalized spacial score (nSPS) is 15.7. The number of aliphatic hydroxyl groups excluding tert-OH is 1. The zero-order valence-electron chi connectivity index (χ0n) is 20.0. The lowest BCUT2D eigenvalue weighted by molar-refractivity contribution is 0.0630. The summed E-state index contributed by atoms with van der Waals surface area (Å²) in [6.45, 7) is 1.68. The molecule has 1 atom stereocenters. The molecule has 0 spiro atoms. The molecule has 1 heterocycles. The van der Waals surface area contributed by atoms with Gasteiger partial charge in [0.25, 0.3) is 0 Å². The average Bonchev–Trinajstić information content (AvgIpc) is 2.91. The summed E-state index contributed by atoms with van der Waals surface area (Å²) < 4.78 is 34.7. The van der Waals surface area contributed by atoms with Crippen molar-refractivity contribution in [2.24, 2.45) is 0 Å². The Labute approximate surface area is 227 Å². The van der Waals surface area contributed by atoms with Crippen LogP contribution in [0.5, 0.6) is 5.75 Å². The molecule has 0 unspecified atom stereocenters. The van der Waals surface area contributed by atoms with Crippen LogP contribution in [0.3, 0.4) is 0 Å². The van der Waals surface area contributed by atoms with Gasteiger partial charge in [0.2, 0.25) is 10.0 Å². The van der Waals surface area contributed by atoms with Gasteiger partial charge >= 0.3 is 0 Å². The van der Waals surface area contributed by atoms with Crippen LogP contribution >= 0.6 is 23.2 Å². The summed E-state index contributed by atoms with van der Waals surface area (Å²) in [5.41, 5.74) is 1.71. The van der Waals surface area contributed by atoms with Gasteiger partial charge in [0.05, 0.1) is 32.7 Å². The molecule has 10 heteroatoms. The van der Waals surface area contributed by atoms with Crippen molar-refractivity contribution in [3.63, 3.8) is 0 Å². The van der Waals surface area contributed by atoms with Gasteiger partial charge in [-0.1, -0.05) is 53.5 Å². The quantitative estimate of drug-likeness (QED) is 0.393. The van der Waals surface area contributed by atoms with Gasteiger partial charge < -0.3 is 14.7 Å². The number of piperidine rings is 1. The Hall–Kier alpha value is -2.64. The molecule has 3 aromatic carbocycles. The van der Waals surface area contributed by atoms with E-state index in [4.69, 9.17) is 33.2 Å². The van der Waals surface area contributed by atoms with Crippen LogP contribution in [0.4, 0.5) is 0 Å². The van der Waals surface area contributed by atoms with Crippen LogP contribution in [-0.2, 0) is 10.0 Å². The molecular weight excluding hydrogens is 533 g/mol. The molecular formula is C27H27Cl2N3O4S. The highest BCUT2D eigenvalue weighted by Gasteiger charge is 2.24. The predicted octanol–water partition coefficient (Wildman–Crippen LogP) is 4.71. The van der Waals surface area contributed by atoms with E-state index in [9.17, 15) is 13.5 Å². The highest BCUT2D eigenvalue weighted by atomic mass is 35.5. The zero-order chi connectivity index (χ0) is 26.4. The van der Waals surface area contributed by atoms with Crippen molar-refractivity contribution in [2.75, 3.05) is 26.2 Å². The number of hydrogen-bond acceptors (Lipinski definition) is 6. The Morgan fingerprint density at radius 1 is 1.05 bits per heavy atom.